The summed E-state index contributed by atoms with van der Waals surface area (Å²) in [5, 5.41) is 19.4. The van der Waals surface area contributed by atoms with E-state index in [0.717, 1.165) is 16.6 Å². The summed E-state index contributed by atoms with van der Waals surface area (Å²) >= 11 is 0. The monoisotopic (exact) mass is 595 g/mol. The van der Waals surface area contributed by atoms with Gasteiger partial charge in [0.25, 0.3) is 0 Å². The predicted octanol–water partition coefficient (Wildman–Crippen LogP) is 6.80. The Morgan fingerprint density at radius 2 is 1.60 bits per heavy atom. The van der Waals surface area contributed by atoms with Crippen LogP contribution in [0.4, 0.5) is 17.6 Å². The van der Waals surface area contributed by atoms with E-state index in [4.69, 9.17) is 9.84 Å². The van der Waals surface area contributed by atoms with Gasteiger partial charge in [0, 0.05) is 28.6 Å². The Balaban J connectivity index is 1.42. The molecule has 0 aliphatic carbocycles. The fraction of sp³-hybridized carbons (Fsp3) is 0.273. The highest BCUT2D eigenvalue weighted by Gasteiger charge is 2.19. The molecule has 0 radical (unpaired) electrons. The molecule has 0 saturated heterocycles. The number of benzene rings is 3. The van der Waals surface area contributed by atoms with Crippen LogP contribution in [-0.2, 0) is 29.0 Å². The molecule has 1 aromatic heterocycles. The molecular weight excluding hydrogens is 566 g/mol. The van der Waals surface area contributed by atoms with Crippen LogP contribution in [0.25, 0.3) is 10.9 Å². The SMILES string of the molecule is Cc1c(CCCC(=O)O)c2cccc(C#Cc3ccc(OCCCCc4cc(F)c(F)c(F)c4F)cc3)c2n1CC(=O)O. The maximum atomic E-state index is 13.8. The lowest BCUT2D eigenvalue weighted by molar-refractivity contribution is -0.138. The van der Waals surface area contributed by atoms with E-state index in [1.54, 1.807) is 28.8 Å². The van der Waals surface area contributed by atoms with E-state index in [0.29, 0.717) is 54.1 Å². The van der Waals surface area contributed by atoms with Crippen LogP contribution in [-0.4, -0.2) is 33.3 Å². The minimum absolute atomic E-state index is 0.0165. The molecule has 43 heavy (non-hydrogen) atoms. The zero-order valence-corrected chi connectivity index (χ0v) is 23.4. The van der Waals surface area contributed by atoms with Crippen LogP contribution in [0.3, 0.4) is 0 Å². The molecule has 0 saturated carbocycles. The number of rotatable bonds is 12. The average molecular weight is 596 g/mol. The van der Waals surface area contributed by atoms with Gasteiger partial charge in [-0.25, -0.2) is 17.6 Å². The standard InChI is InChI=1S/C33H29F4NO5/c1-20-25(8-5-10-28(39)40)26-9-4-7-22(33(26)38(20)19-29(41)42)14-11-21-12-15-24(16-13-21)43-17-3-2-6-23-18-27(34)31(36)32(37)30(23)35/h4,7,9,12-13,15-16,18H,2-3,5-6,8,10,17,19H2,1H3,(H,39,40)(H,41,42). The van der Waals surface area contributed by atoms with E-state index in [1.165, 1.54) is 0 Å². The number of carboxylic acid groups (broad SMARTS) is 2. The Bertz CT molecular complexity index is 1720. The Kier molecular flexibility index (Phi) is 10.1. The molecule has 0 unspecified atom stereocenters. The molecule has 0 aliphatic heterocycles. The van der Waals surface area contributed by atoms with Gasteiger partial charge >= 0.3 is 11.9 Å². The number of para-hydroxylation sites is 1. The highest BCUT2D eigenvalue weighted by Crippen LogP contribution is 2.30. The average Bonchev–Trinajstić information content (AvgIpc) is 3.23. The molecule has 10 heteroatoms. The molecule has 6 nitrogen and oxygen atoms in total. The zero-order valence-electron chi connectivity index (χ0n) is 23.4. The first-order chi connectivity index (χ1) is 20.6. The number of carboxylic acids is 2. The Hall–Kier alpha value is -4.78. The van der Waals surface area contributed by atoms with Crippen molar-refractivity contribution in [3.8, 4) is 17.6 Å². The van der Waals surface area contributed by atoms with Gasteiger partial charge in [-0.05, 0) is 86.6 Å². The van der Waals surface area contributed by atoms with Gasteiger partial charge in [-0.2, -0.15) is 0 Å². The largest absolute Gasteiger partial charge is 0.494 e. The first kappa shape index (κ1) is 31.2. The number of ether oxygens (including phenoxy) is 1. The summed E-state index contributed by atoms with van der Waals surface area (Å²) in [7, 11) is 0. The fourth-order valence-corrected chi connectivity index (χ4v) is 4.95. The van der Waals surface area contributed by atoms with Crippen molar-refractivity contribution in [1.29, 1.82) is 0 Å². The van der Waals surface area contributed by atoms with Crippen molar-refractivity contribution in [3.05, 3.63) is 99.7 Å². The Morgan fingerprint density at radius 3 is 2.30 bits per heavy atom. The van der Waals surface area contributed by atoms with E-state index >= 15 is 0 Å². The third-order valence-corrected chi connectivity index (χ3v) is 7.07. The Labute approximate surface area is 245 Å². The van der Waals surface area contributed by atoms with E-state index in [9.17, 15) is 32.3 Å². The number of unbranched alkanes of at least 4 members (excludes halogenated alkanes) is 1. The number of halogens is 4. The van der Waals surface area contributed by atoms with Crippen LogP contribution >= 0.6 is 0 Å². The van der Waals surface area contributed by atoms with Crippen molar-refractivity contribution in [2.24, 2.45) is 0 Å². The van der Waals surface area contributed by atoms with Gasteiger partial charge in [-0.15, -0.1) is 0 Å². The van der Waals surface area contributed by atoms with Crippen LogP contribution in [0.5, 0.6) is 5.75 Å². The van der Waals surface area contributed by atoms with E-state index in [-0.39, 0.29) is 31.6 Å². The molecule has 3 aromatic carbocycles. The summed E-state index contributed by atoms with van der Waals surface area (Å²) in [6, 6.07) is 13.2. The highest BCUT2D eigenvalue weighted by molar-refractivity contribution is 5.91. The van der Waals surface area contributed by atoms with Crippen LogP contribution < -0.4 is 4.74 Å². The lowest BCUT2D eigenvalue weighted by Gasteiger charge is -2.08. The quantitative estimate of drug-likeness (QED) is 0.0619. The van der Waals surface area contributed by atoms with Crippen molar-refractivity contribution >= 4 is 22.8 Å². The molecule has 0 aliphatic rings. The predicted molar refractivity (Wildman–Crippen MR) is 152 cm³/mol. The summed E-state index contributed by atoms with van der Waals surface area (Å²) in [4.78, 5) is 22.6. The van der Waals surface area contributed by atoms with Gasteiger partial charge < -0.3 is 19.5 Å². The summed E-state index contributed by atoms with van der Waals surface area (Å²) < 4.78 is 61.0. The number of hydrogen-bond donors (Lipinski definition) is 2. The molecule has 0 amide bonds. The van der Waals surface area contributed by atoms with Gasteiger partial charge in [-0.1, -0.05) is 24.0 Å². The molecule has 224 valence electrons. The number of aliphatic carboxylic acids is 2. The molecule has 4 rings (SSSR count). The minimum atomic E-state index is -1.82. The second-order valence-electron chi connectivity index (χ2n) is 10.0. The third-order valence-electron chi connectivity index (χ3n) is 7.07. The van der Waals surface area contributed by atoms with Crippen LogP contribution in [0.2, 0.25) is 0 Å². The van der Waals surface area contributed by atoms with E-state index in [1.807, 2.05) is 25.1 Å². The van der Waals surface area contributed by atoms with E-state index < -0.39 is 35.2 Å². The number of aryl methyl sites for hydroxylation is 2. The van der Waals surface area contributed by atoms with Crippen molar-refractivity contribution in [2.75, 3.05) is 6.61 Å². The molecule has 0 atom stereocenters. The molecule has 0 fully saturated rings. The minimum Gasteiger partial charge on any atom is -0.494 e. The summed E-state index contributed by atoms with van der Waals surface area (Å²) in [6.45, 7) is 1.85. The van der Waals surface area contributed by atoms with Crippen molar-refractivity contribution in [1.82, 2.24) is 4.57 Å². The van der Waals surface area contributed by atoms with Crippen molar-refractivity contribution < 1.29 is 42.1 Å². The molecule has 0 spiro atoms. The van der Waals surface area contributed by atoms with Gasteiger partial charge in [0.2, 0.25) is 0 Å². The lowest BCUT2D eigenvalue weighted by Crippen LogP contribution is -2.10. The van der Waals surface area contributed by atoms with Gasteiger partial charge in [-0.3, -0.25) is 9.59 Å². The molecule has 2 N–H and O–H groups in total. The van der Waals surface area contributed by atoms with Crippen LogP contribution in [0, 0.1) is 42.0 Å². The third kappa shape index (κ3) is 7.55. The van der Waals surface area contributed by atoms with Gasteiger partial charge in [0.15, 0.2) is 23.3 Å². The molecule has 1 heterocycles. The zero-order chi connectivity index (χ0) is 31.1. The number of hydrogen-bond acceptors (Lipinski definition) is 3. The van der Waals surface area contributed by atoms with Crippen molar-refractivity contribution in [3.63, 3.8) is 0 Å². The summed E-state index contributed by atoms with van der Waals surface area (Å²) in [6.07, 6.45) is 1.83. The van der Waals surface area contributed by atoms with Gasteiger partial charge in [0.1, 0.15) is 12.3 Å². The van der Waals surface area contributed by atoms with Crippen molar-refractivity contribution in [2.45, 2.75) is 52.0 Å². The highest BCUT2D eigenvalue weighted by atomic mass is 19.2. The normalized spacial score (nSPS) is 10.9. The fourth-order valence-electron chi connectivity index (χ4n) is 4.95. The first-order valence-corrected chi connectivity index (χ1v) is 13.7. The number of aromatic nitrogens is 1. The lowest BCUT2D eigenvalue weighted by atomic mass is 10.0. The maximum Gasteiger partial charge on any atom is 0.323 e. The molecule has 4 aromatic rings. The topological polar surface area (TPSA) is 88.8 Å². The molecular formula is C33H29F4NO5. The van der Waals surface area contributed by atoms with E-state index in [2.05, 4.69) is 11.8 Å². The maximum absolute atomic E-state index is 13.8. The molecule has 0 bridgehead atoms. The number of fused-ring (bicyclic) bond motifs is 1. The smallest absolute Gasteiger partial charge is 0.323 e. The number of carbonyl (C=O) groups is 2. The second-order valence-corrected chi connectivity index (χ2v) is 10.0. The summed E-state index contributed by atoms with van der Waals surface area (Å²) in [5.74, 6) is -1.53. The summed E-state index contributed by atoms with van der Waals surface area (Å²) in [5.41, 5.74) is 3.46. The van der Waals surface area contributed by atoms with Crippen LogP contribution in [0.15, 0.2) is 48.5 Å². The Morgan fingerprint density at radius 1 is 0.860 bits per heavy atom. The number of nitrogens with zero attached hydrogens (tertiary/aromatic N) is 1. The first-order valence-electron chi connectivity index (χ1n) is 13.7. The van der Waals surface area contributed by atoms with Gasteiger partial charge in [0.05, 0.1) is 12.1 Å². The second kappa shape index (κ2) is 13.9. The van der Waals surface area contributed by atoms with Crippen LogP contribution in [0.1, 0.15) is 53.6 Å².